The molecule has 8 aromatic rings. The van der Waals surface area contributed by atoms with Crippen molar-refractivity contribution in [1.82, 2.24) is 20.4 Å². The van der Waals surface area contributed by atoms with Crippen molar-refractivity contribution in [2.45, 2.75) is 0 Å². The summed E-state index contributed by atoms with van der Waals surface area (Å²) in [4.78, 5) is 2.28. The fraction of sp³-hybridized carbons (Fsp3) is 0. The van der Waals surface area contributed by atoms with E-state index in [0.717, 1.165) is 38.2 Å². The van der Waals surface area contributed by atoms with E-state index in [4.69, 9.17) is 0 Å². The van der Waals surface area contributed by atoms with E-state index in [1.807, 2.05) is 0 Å². The summed E-state index contributed by atoms with van der Waals surface area (Å²) in [7, 11) is 0. The first-order chi connectivity index (χ1) is 21.3. The first-order valence-corrected chi connectivity index (χ1v) is 15.6. The van der Waals surface area contributed by atoms with Gasteiger partial charge in [-0.3, -0.25) is 0 Å². The molecule has 0 radical (unpaired) electrons. The van der Waals surface area contributed by atoms with Crippen molar-refractivity contribution in [3.05, 3.63) is 138 Å². The van der Waals surface area contributed by atoms with Crippen LogP contribution in [0.1, 0.15) is 0 Å². The third-order valence-corrected chi connectivity index (χ3v) is 9.13. The molecule has 0 aliphatic rings. The largest absolute Gasteiger partial charge is 0.310 e. The van der Waals surface area contributed by atoms with E-state index < -0.39 is 0 Å². The molecule has 6 aromatic carbocycles. The van der Waals surface area contributed by atoms with Crippen LogP contribution in [0.4, 0.5) is 17.1 Å². The second-order valence-electron chi connectivity index (χ2n) is 10.2. The van der Waals surface area contributed by atoms with Crippen molar-refractivity contribution in [2.75, 3.05) is 4.90 Å². The van der Waals surface area contributed by atoms with Crippen molar-refractivity contribution >= 4 is 61.3 Å². The van der Waals surface area contributed by atoms with Crippen LogP contribution in [0, 0.1) is 0 Å². The quantitative estimate of drug-likeness (QED) is 0.193. The van der Waals surface area contributed by atoms with Crippen LogP contribution in [0.25, 0.3) is 53.8 Å². The Morgan fingerprint density at radius 3 is 1.65 bits per heavy atom. The lowest BCUT2D eigenvalue weighted by Crippen LogP contribution is -2.09. The molecule has 5 nitrogen and oxygen atoms in total. The number of aromatic nitrogens is 4. The standard InChI is InChI=1S/C36H23N5S2/c1-2-6-33-24(4-1)5-3-7-34(33)29-9-8-28-21-32(19-14-27(28)20-29)41(30-15-10-25(11-16-30)35-39-37-22-42-35)31-17-12-26(13-18-31)36-40-38-23-43-36/h1-23H. The highest BCUT2D eigenvalue weighted by Crippen LogP contribution is 2.39. The first kappa shape index (κ1) is 25.5. The summed E-state index contributed by atoms with van der Waals surface area (Å²) in [6.45, 7) is 0. The average Bonchev–Trinajstić information content (AvgIpc) is 3.81. The van der Waals surface area contributed by atoms with Gasteiger partial charge in [0.2, 0.25) is 0 Å². The van der Waals surface area contributed by atoms with Crippen LogP contribution in [-0.4, -0.2) is 20.4 Å². The Kier molecular flexibility index (Phi) is 6.44. The fourth-order valence-electron chi connectivity index (χ4n) is 5.57. The van der Waals surface area contributed by atoms with Gasteiger partial charge in [0.05, 0.1) is 0 Å². The smallest absolute Gasteiger partial charge is 0.147 e. The van der Waals surface area contributed by atoms with Crippen molar-refractivity contribution in [3.8, 4) is 32.3 Å². The minimum atomic E-state index is 0.909. The van der Waals surface area contributed by atoms with Gasteiger partial charge in [-0.25, -0.2) is 0 Å². The van der Waals surface area contributed by atoms with Gasteiger partial charge in [0.1, 0.15) is 21.0 Å². The highest BCUT2D eigenvalue weighted by Gasteiger charge is 2.15. The van der Waals surface area contributed by atoms with E-state index in [-0.39, 0.29) is 0 Å². The molecule has 0 fully saturated rings. The number of hydrogen-bond donors (Lipinski definition) is 0. The topological polar surface area (TPSA) is 54.8 Å². The minimum Gasteiger partial charge on any atom is -0.310 e. The van der Waals surface area contributed by atoms with E-state index in [1.165, 1.54) is 55.3 Å². The second-order valence-corrected chi connectivity index (χ2v) is 11.9. The molecule has 0 saturated heterocycles. The Bertz CT molecular complexity index is 2090. The lowest BCUT2D eigenvalue weighted by atomic mass is 9.96. The zero-order valence-electron chi connectivity index (χ0n) is 22.8. The van der Waals surface area contributed by atoms with Gasteiger partial charge in [-0.1, -0.05) is 83.3 Å². The lowest BCUT2D eigenvalue weighted by Gasteiger charge is -2.26. The van der Waals surface area contributed by atoms with Crippen LogP contribution in [0.5, 0.6) is 0 Å². The molecule has 2 heterocycles. The molecule has 0 saturated carbocycles. The molecule has 0 aliphatic carbocycles. The number of nitrogens with zero attached hydrogens (tertiary/aromatic N) is 5. The molecule has 43 heavy (non-hydrogen) atoms. The van der Waals surface area contributed by atoms with Gasteiger partial charge in [0, 0.05) is 28.2 Å². The third-order valence-electron chi connectivity index (χ3n) is 7.65. The molecule has 0 atom stereocenters. The lowest BCUT2D eigenvalue weighted by molar-refractivity contribution is 1.09. The first-order valence-electron chi connectivity index (χ1n) is 13.9. The van der Waals surface area contributed by atoms with Crippen molar-refractivity contribution in [3.63, 3.8) is 0 Å². The summed E-state index contributed by atoms with van der Waals surface area (Å²) in [5.41, 5.74) is 11.3. The van der Waals surface area contributed by atoms with E-state index >= 15 is 0 Å². The van der Waals surface area contributed by atoms with Crippen molar-refractivity contribution < 1.29 is 0 Å². The molecule has 2 aromatic heterocycles. The minimum absolute atomic E-state index is 0.909. The number of benzene rings is 6. The summed E-state index contributed by atoms with van der Waals surface area (Å²) in [6, 6.07) is 45.5. The summed E-state index contributed by atoms with van der Waals surface area (Å²) in [5.74, 6) is 0. The zero-order chi connectivity index (χ0) is 28.6. The Morgan fingerprint density at radius 2 is 1.00 bits per heavy atom. The maximum atomic E-state index is 4.24. The third kappa shape index (κ3) is 4.84. The van der Waals surface area contributed by atoms with Gasteiger partial charge in [-0.15, -0.1) is 20.4 Å². The van der Waals surface area contributed by atoms with Crippen molar-refractivity contribution in [1.29, 1.82) is 0 Å². The molecular formula is C36H23N5S2. The van der Waals surface area contributed by atoms with Crippen LogP contribution in [-0.2, 0) is 0 Å². The monoisotopic (exact) mass is 589 g/mol. The highest BCUT2D eigenvalue weighted by atomic mass is 32.1. The van der Waals surface area contributed by atoms with E-state index in [0.29, 0.717) is 0 Å². The predicted molar refractivity (Wildman–Crippen MR) is 179 cm³/mol. The molecule has 204 valence electrons. The SMILES string of the molecule is c1ccc2c(-c3ccc4cc(N(c5ccc(-c6nncs6)cc5)c5ccc(-c6nncs6)cc5)ccc4c3)cccc2c1. The van der Waals surface area contributed by atoms with E-state index in [1.54, 1.807) is 11.0 Å². The molecule has 0 amide bonds. The van der Waals surface area contributed by atoms with Gasteiger partial charge < -0.3 is 4.90 Å². The molecule has 0 bridgehead atoms. The molecule has 7 heteroatoms. The molecule has 0 spiro atoms. The average molecular weight is 590 g/mol. The maximum absolute atomic E-state index is 4.24. The maximum Gasteiger partial charge on any atom is 0.147 e. The van der Waals surface area contributed by atoms with Gasteiger partial charge in [0.15, 0.2) is 0 Å². The highest BCUT2D eigenvalue weighted by molar-refractivity contribution is 7.13. The Labute approximate surface area is 256 Å². The summed E-state index contributed by atoms with van der Waals surface area (Å²) in [6.07, 6.45) is 0. The van der Waals surface area contributed by atoms with E-state index in [9.17, 15) is 0 Å². The fourth-order valence-corrected chi connectivity index (χ4v) is 6.69. The predicted octanol–water partition coefficient (Wildman–Crippen LogP) is 10.2. The van der Waals surface area contributed by atoms with Crippen LogP contribution < -0.4 is 4.90 Å². The Hall–Kier alpha value is -5.24. The number of rotatable bonds is 6. The van der Waals surface area contributed by atoms with Gasteiger partial charge in [0.25, 0.3) is 0 Å². The van der Waals surface area contributed by atoms with Crippen molar-refractivity contribution in [2.24, 2.45) is 0 Å². The summed E-state index contributed by atoms with van der Waals surface area (Å²) < 4.78 is 0. The van der Waals surface area contributed by atoms with Gasteiger partial charge in [-0.2, -0.15) is 0 Å². The summed E-state index contributed by atoms with van der Waals surface area (Å²) in [5, 5.41) is 23.2. The van der Waals surface area contributed by atoms with E-state index in [2.05, 4.69) is 153 Å². The molecular weight excluding hydrogens is 567 g/mol. The van der Waals surface area contributed by atoms with Crippen LogP contribution >= 0.6 is 22.7 Å². The zero-order valence-corrected chi connectivity index (χ0v) is 24.5. The number of hydrogen-bond acceptors (Lipinski definition) is 7. The number of fused-ring (bicyclic) bond motifs is 2. The normalized spacial score (nSPS) is 11.3. The van der Waals surface area contributed by atoms with Crippen LogP contribution in [0.2, 0.25) is 0 Å². The Morgan fingerprint density at radius 1 is 0.442 bits per heavy atom. The van der Waals surface area contributed by atoms with Gasteiger partial charge >= 0.3 is 0 Å². The molecule has 0 unspecified atom stereocenters. The molecule has 0 N–H and O–H groups in total. The second kappa shape index (κ2) is 10.9. The number of anilines is 3. The molecule has 0 aliphatic heterocycles. The molecule has 8 rings (SSSR count). The van der Waals surface area contributed by atoms with Crippen LogP contribution in [0.3, 0.4) is 0 Å². The van der Waals surface area contributed by atoms with Crippen LogP contribution in [0.15, 0.2) is 138 Å². The summed E-state index contributed by atoms with van der Waals surface area (Å²) >= 11 is 3.08. The van der Waals surface area contributed by atoms with Gasteiger partial charge in [-0.05, 0) is 99.4 Å². The Balaban J connectivity index is 1.21.